The van der Waals surface area contributed by atoms with Gasteiger partial charge in [-0.1, -0.05) is 41.6 Å². The van der Waals surface area contributed by atoms with Crippen molar-refractivity contribution < 1.29 is 13.9 Å². The van der Waals surface area contributed by atoms with Gasteiger partial charge in [0.1, 0.15) is 16.4 Å². The number of nitrogens with zero attached hydrogens (tertiary/aromatic N) is 2. The molecule has 0 aliphatic carbocycles. The average molecular weight is 419 g/mol. The van der Waals surface area contributed by atoms with Crippen LogP contribution in [-0.4, -0.2) is 29.7 Å². The number of fused-ring (bicyclic) bond motifs is 1. The molecule has 0 bridgehead atoms. The normalized spacial score (nSPS) is 11.0. The molecule has 0 radical (unpaired) electrons. The molecule has 27 heavy (non-hydrogen) atoms. The zero-order valence-corrected chi connectivity index (χ0v) is 16.7. The number of ether oxygens (including phenoxy) is 2. The van der Waals surface area contributed by atoms with Gasteiger partial charge in [0.15, 0.2) is 0 Å². The van der Waals surface area contributed by atoms with Gasteiger partial charge in [0.05, 0.1) is 18.7 Å². The van der Waals surface area contributed by atoms with E-state index in [1.165, 1.54) is 11.8 Å². The lowest BCUT2D eigenvalue weighted by molar-refractivity contribution is 0.342. The van der Waals surface area contributed by atoms with Crippen molar-refractivity contribution in [1.82, 2.24) is 10.2 Å². The Hall–Kier alpha value is -2.22. The Balaban J connectivity index is 1.35. The molecule has 5 nitrogen and oxygen atoms in total. The molecule has 0 saturated heterocycles. The van der Waals surface area contributed by atoms with Gasteiger partial charge in [0.2, 0.25) is 0 Å². The molecule has 0 N–H and O–H groups in total. The number of benzene rings is 2. The van der Waals surface area contributed by atoms with Crippen molar-refractivity contribution in [3.05, 3.63) is 53.6 Å². The highest BCUT2D eigenvalue weighted by Gasteiger charge is 2.17. The molecule has 2 heterocycles. The van der Waals surface area contributed by atoms with E-state index in [1.807, 2.05) is 48.5 Å². The predicted molar refractivity (Wildman–Crippen MR) is 109 cm³/mol. The number of thiophene rings is 1. The lowest BCUT2D eigenvalue weighted by Crippen LogP contribution is -1.99. The minimum absolute atomic E-state index is 0.444. The van der Waals surface area contributed by atoms with Gasteiger partial charge in [0.25, 0.3) is 11.1 Å². The van der Waals surface area contributed by atoms with E-state index in [1.54, 1.807) is 18.4 Å². The number of aromatic nitrogens is 2. The fourth-order valence-corrected chi connectivity index (χ4v) is 4.48. The molecule has 0 aliphatic rings. The maximum atomic E-state index is 6.46. The summed E-state index contributed by atoms with van der Waals surface area (Å²) < 4.78 is 17.7. The summed E-state index contributed by atoms with van der Waals surface area (Å²) in [6.07, 6.45) is 0. The molecule has 2 aromatic carbocycles. The molecule has 4 rings (SSSR count). The van der Waals surface area contributed by atoms with Gasteiger partial charge in [-0.3, -0.25) is 0 Å². The van der Waals surface area contributed by atoms with Crippen LogP contribution in [0.5, 0.6) is 11.5 Å². The van der Waals surface area contributed by atoms with Crippen molar-refractivity contribution in [1.29, 1.82) is 0 Å². The summed E-state index contributed by atoms with van der Waals surface area (Å²) in [5, 5.41) is 10.4. The van der Waals surface area contributed by atoms with E-state index >= 15 is 0 Å². The van der Waals surface area contributed by atoms with E-state index in [-0.39, 0.29) is 0 Å². The summed E-state index contributed by atoms with van der Waals surface area (Å²) in [5.41, 5.74) is 0. The van der Waals surface area contributed by atoms with Crippen LogP contribution in [0, 0.1) is 0 Å². The highest BCUT2D eigenvalue weighted by Crippen LogP contribution is 2.41. The zero-order chi connectivity index (χ0) is 18.6. The zero-order valence-electron chi connectivity index (χ0n) is 14.3. The van der Waals surface area contributed by atoms with Gasteiger partial charge in [-0.05, 0) is 30.3 Å². The van der Waals surface area contributed by atoms with Crippen molar-refractivity contribution in [3.63, 3.8) is 0 Å². The number of rotatable bonds is 7. The average Bonchev–Trinajstić information content (AvgIpc) is 3.30. The first-order valence-electron chi connectivity index (χ1n) is 8.15. The first-order chi connectivity index (χ1) is 13.2. The molecule has 0 amide bonds. The molecule has 138 valence electrons. The van der Waals surface area contributed by atoms with Crippen LogP contribution >= 0.6 is 34.7 Å². The maximum absolute atomic E-state index is 6.46. The fraction of sp³-hybridized carbons (Fsp3) is 0.158. The van der Waals surface area contributed by atoms with Crippen molar-refractivity contribution in [2.24, 2.45) is 0 Å². The SMILES string of the molecule is COc1ccc(OCCSc2nnc(-c3sc4ccccc4c3Cl)o2)cc1. The molecule has 2 aromatic heterocycles. The Morgan fingerprint density at radius 1 is 1.07 bits per heavy atom. The van der Waals surface area contributed by atoms with Crippen LogP contribution < -0.4 is 9.47 Å². The lowest BCUT2D eigenvalue weighted by Gasteiger charge is -2.05. The second-order valence-electron chi connectivity index (χ2n) is 5.49. The second kappa shape index (κ2) is 8.21. The summed E-state index contributed by atoms with van der Waals surface area (Å²) in [7, 11) is 1.64. The lowest BCUT2D eigenvalue weighted by atomic mass is 10.2. The van der Waals surface area contributed by atoms with E-state index < -0.39 is 0 Å². The van der Waals surface area contributed by atoms with E-state index in [2.05, 4.69) is 10.2 Å². The van der Waals surface area contributed by atoms with Crippen molar-refractivity contribution >= 4 is 44.8 Å². The van der Waals surface area contributed by atoms with Gasteiger partial charge < -0.3 is 13.9 Å². The quantitative estimate of drug-likeness (QED) is 0.280. The van der Waals surface area contributed by atoms with Crippen molar-refractivity contribution in [2.45, 2.75) is 5.22 Å². The predicted octanol–water partition coefficient (Wildman–Crippen LogP) is 5.78. The van der Waals surface area contributed by atoms with Gasteiger partial charge in [0, 0.05) is 15.8 Å². The fourth-order valence-electron chi connectivity index (χ4n) is 2.47. The maximum Gasteiger partial charge on any atom is 0.277 e. The Morgan fingerprint density at radius 2 is 1.85 bits per heavy atom. The molecular weight excluding hydrogens is 404 g/mol. The van der Waals surface area contributed by atoms with Gasteiger partial charge >= 0.3 is 0 Å². The van der Waals surface area contributed by atoms with Gasteiger partial charge in [-0.25, -0.2) is 0 Å². The van der Waals surface area contributed by atoms with E-state index in [9.17, 15) is 0 Å². The summed E-state index contributed by atoms with van der Waals surface area (Å²) in [6, 6.07) is 15.4. The molecule has 0 spiro atoms. The third-order valence-electron chi connectivity index (χ3n) is 3.77. The molecule has 0 atom stereocenters. The molecule has 0 saturated carbocycles. The Kier molecular flexibility index (Phi) is 5.52. The van der Waals surface area contributed by atoms with Crippen LogP contribution in [0.3, 0.4) is 0 Å². The van der Waals surface area contributed by atoms with E-state index in [0.717, 1.165) is 26.5 Å². The Morgan fingerprint density at radius 3 is 2.63 bits per heavy atom. The van der Waals surface area contributed by atoms with Crippen molar-refractivity contribution in [2.75, 3.05) is 19.5 Å². The highest BCUT2D eigenvalue weighted by atomic mass is 35.5. The second-order valence-corrected chi connectivity index (χ2v) is 7.96. The Bertz CT molecular complexity index is 1050. The molecular formula is C19H15ClN2O3S2. The van der Waals surface area contributed by atoms with Gasteiger partial charge in [-0.2, -0.15) is 0 Å². The first-order valence-corrected chi connectivity index (χ1v) is 10.3. The number of hydrogen-bond acceptors (Lipinski definition) is 7. The minimum atomic E-state index is 0.444. The van der Waals surface area contributed by atoms with Crippen LogP contribution in [0.25, 0.3) is 20.9 Å². The summed E-state index contributed by atoms with van der Waals surface area (Å²) >= 11 is 9.46. The van der Waals surface area contributed by atoms with Crippen LogP contribution in [0.2, 0.25) is 5.02 Å². The topological polar surface area (TPSA) is 57.4 Å². The molecule has 8 heteroatoms. The highest BCUT2D eigenvalue weighted by molar-refractivity contribution is 7.99. The first kappa shape index (κ1) is 18.2. The standard InChI is InChI=1S/C19H15ClN2O3S2/c1-23-12-6-8-13(9-7-12)24-10-11-26-19-22-21-18(25-19)17-16(20)14-4-2-3-5-15(14)27-17/h2-9H,10-11H2,1H3. The minimum Gasteiger partial charge on any atom is -0.497 e. The molecule has 0 unspecified atom stereocenters. The number of halogens is 1. The van der Waals surface area contributed by atoms with Crippen LogP contribution in [-0.2, 0) is 0 Å². The monoisotopic (exact) mass is 418 g/mol. The third-order valence-corrected chi connectivity index (χ3v) is 6.22. The summed E-state index contributed by atoms with van der Waals surface area (Å²) in [5.74, 6) is 2.72. The van der Waals surface area contributed by atoms with Gasteiger partial charge in [-0.15, -0.1) is 21.5 Å². The van der Waals surface area contributed by atoms with Crippen LogP contribution in [0.1, 0.15) is 0 Å². The van der Waals surface area contributed by atoms with Crippen LogP contribution in [0.4, 0.5) is 0 Å². The summed E-state index contributed by atoms with van der Waals surface area (Å²) in [4.78, 5) is 0.798. The van der Waals surface area contributed by atoms with Crippen LogP contribution in [0.15, 0.2) is 58.2 Å². The molecule has 0 fully saturated rings. The number of thioether (sulfide) groups is 1. The number of hydrogen-bond donors (Lipinski definition) is 0. The van der Waals surface area contributed by atoms with E-state index in [0.29, 0.717) is 28.5 Å². The molecule has 4 aromatic rings. The molecule has 0 aliphatic heterocycles. The van der Waals surface area contributed by atoms with Crippen molar-refractivity contribution in [3.8, 4) is 22.3 Å². The third kappa shape index (κ3) is 4.05. The summed E-state index contributed by atoms with van der Waals surface area (Å²) in [6.45, 7) is 0.526. The largest absolute Gasteiger partial charge is 0.497 e. The van der Waals surface area contributed by atoms with E-state index in [4.69, 9.17) is 25.5 Å². The Labute approximate surface area is 169 Å². The number of methoxy groups -OCH3 is 1. The smallest absolute Gasteiger partial charge is 0.277 e.